The van der Waals surface area contributed by atoms with Gasteiger partial charge in [-0.1, -0.05) is 48.5 Å². The molecule has 0 N–H and O–H groups in total. The molecule has 2 heteroatoms. The average Bonchev–Trinajstić information content (AvgIpc) is 2.40. The van der Waals surface area contributed by atoms with E-state index in [0.717, 1.165) is 5.56 Å². The average molecular weight is 254 g/mol. The lowest BCUT2D eigenvalue weighted by atomic mass is 9.86. The monoisotopic (exact) mass is 254 g/mol. The van der Waals surface area contributed by atoms with E-state index in [0.29, 0.717) is 12.2 Å². The number of rotatable bonds is 4. The quantitative estimate of drug-likeness (QED) is 0.611. The second-order valence-electron chi connectivity index (χ2n) is 5.25. The molecule has 0 bridgehead atoms. The Balaban J connectivity index is 2.05. The Morgan fingerprint density at radius 3 is 2.05 bits per heavy atom. The highest BCUT2D eigenvalue weighted by Gasteiger charge is 2.30. The molecule has 0 unspecified atom stereocenters. The number of ether oxygens (including phenoxy) is 1. The Morgan fingerprint density at radius 2 is 1.47 bits per heavy atom. The van der Waals surface area contributed by atoms with Gasteiger partial charge in [0.2, 0.25) is 0 Å². The van der Waals surface area contributed by atoms with Gasteiger partial charge in [-0.2, -0.15) is 0 Å². The molecule has 19 heavy (non-hydrogen) atoms. The van der Waals surface area contributed by atoms with Gasteiger partial charge in [-0.15, -0.1) is 0 Å². The highest BCUT2D eigenvalue weighted by atomic mass is 16.5. The zero-order chi connectivity index (χ0) is 13.7. The molecule has 2 aromatic carbocycles. The molecular weight excluding hydrogens is 236 g/mol. The summed E-state index contributed by atoms with van der Waals surface area (Å²) in [5.74, 6) is 0.385. The first-order valence-corrected chi connectivity index (χ1v) is 6.39. The van der Waals surface area contributed by atoms with Gasteiger partial charge < -0.3 is 4.74 Å². The molecule has 0 heterocycles. The minimum Gasteiger partial charge on any atom is -0.426 e. The summed E-state index contributed by atoms with van der Waals surface area (Å²) in [6.07, 6.45) is 0.666. The number of benzene rings is 2. The predicted octanol–water partition coefficient (Wildman–Crippen LogP) is 3.86. The lowest BCUT2D eigenvalue weighted by Crippen LogP contribution is -2.31. The van der Waals surface area contributed by atoms with E-state index in [1.807, 2.05) is 62.4 Å². The number of hydrogen-bond acceptors (Lipinski definition) is 2. The fourth-order valence-electron chi connectivity index (χ4n) is 1.91. The van der Waals surface area contributed by atoms with Crippen LogP contribution in [0.3, 0.4) is 0 Å². The highest BCUT2D eigenvalue weighted by Crippen LogP contribution is 2.24. The second-order valence-corrected chi connectivity index (χ2v) is 5.25. The molecular formula is C17H18O2. The molecule has 0 fully saturated rings. The summed E-state index contributed by atoms with van der Waals surface area (Å²) < 4.78 is 5.41. The van der Waals surface area contributed by atoms with Crippen molar-refractivity contribution in [2.75, 3.05) is 0 Å². The molecule has 0 aliphatic carbocycles. The third-order valence-corrected chi connectivity index (χ3v) is 3.00. The van der Waals surface area contributed by atoms with Gasteiger partial charge in [-0.25, -0.2) is 0 Å². The van der Waals surface area contributed by atoms with Crippen molar-refractivity contribution in [2.24, 2.45) is 5.41 Å². The van der Waals surface area contributed by atoms with Crippen molar-refractivity contribution in [1.82, 2.24) is 0 Å². The summed E-state index contributed by atoms with van der Waals surface area (Å²) in [6.45, 7) is 3.82. The predicted molar refractivity (Wildman–Crippen MR) is 76.0 cm³/mol. The SMILES string of the molecule is CC(C)(Cc1ccccc1)C(=O)Oc1ccccc1. The van der Waals surface area contributed by atoms with E-state index in [1.165, 1.54) is 0 Å². The van der Waals surface area contributed by atoms with Crippen LogP contribution in [0.2, 0.25) is 0 Å². The first kappa shape index (κ1) is 13.3. The molecule has 2 aromatic rings. The van der Waals surface area contributed by atoms with Crippen molar-refractivity contribution >= 4 is 5.97 Å². The third kappa shape index (κ3) is 3.68. The maximum atomic E-state index is 12.2. The summed E-state index contributed by atoms with van der Waals surface area (Å²) in [5.41, 5.74) is 0.592. The maximum Gasteiger partial charge on any atom is 0.317 e. The molecule has 0 aliphatic heterocycles. The van der Waals surface area contributed by atoms with E-state index < -0.39 is 5.41 Å². The van der Waals surface area contributed by atoms with Gasteiger partial charge in [0.15, 0.2) is 0 Å². The van der Waals surface area contributed by atoms with Crippen LogP contribution in [0.1, 0.15) is 19.4 Å². The summed E-state index contributed by atoms with van der Waals surface area (Å²) in [5, 5.41) is 0. The minimum absolute atomic E-state index is 0.206. The number of esters is 1. The van der Waals surface area contributed by atoms with Gasteiger partial charge >= 0.3 is 5.97 Å². The Morgan fingerprint density at radius 1 is 0.947 bits per heavy atom. The minimum atomic E-state index is -0.544. The number of para-hydroxylation sites is 1. The largest absolute Gasteiger partial charge is 0.426 e. The van der Waals surface area contributed by atoms with Crippen LogP contribution in [-0.4, -0.2) is 5.97 Å². The standard InChI is InChI=1S/C17H18O2/c1-17(2,13-14-9-5-3-6-10-14)16(18)19-15-11-7-4-8-12-15/h3-12H,13H2,1-2H3. The number of hydrogen-bond donors (Lipinski definition) is 0. The van der Waals surface area contributed by atoms with E-state index in [1.54, 1.807) is 12.1 Å². The van der Waals surface area contributed by atoms with Crippen molar-refractivity contribution in [3.05, 3.63) is 66.2 Å². The van der Waals surface area contributed by atoms with Crippen molar-refractivity contribution in [3.63, 3.8) is 0 Å². The van der Waals surface area contributed by atoms with E-state index in [4.69, 9.17) is 4.74 Å². The molecule has 0 radical (unpaired) electrons. The first-order chi connectivity index (χ1) is 9.08. The van der Waals surface area contributed by atoms with Crippen LogP contribution in [0.4, 0.5) is 0 Å². The molecule has 98 valence electrons. The molecule has 0 saturated heterocycles. The molecule has 2 nitrogen and oxygen atoms in total. The maximum absolute atomic E-state index is 12.2. The van der Waals surface area contributed by atoms with Gasteiger partial charge in [-0.3, -0.25) is 4.79 Å². The van der Waals surface area contributed by atoms with Crippen LogP contribution in [-0.2, 0) is 11.2 Å². The van der Waals surface area contributed by atoms with Crippen molar-refractivity contribution < 1.29 is 9.53 Å². The zero-order valence-corrected chi connectivity index (χ0v) is 11.3. The van der Waals surface area contributed by atoms with Gasteiger partial charge in [0.1, 0.15) is 5.75 Å². The summed E-state index contributed by atoms with van der Waals surface area (Å²) >= 11 is 0. The van der Waals surface area contributed by atoms with Crippen LogP contribution in [0.15, 0.2) is 60.7 Å². The molecule has 0 spiro atoms. The Bertz CT molecular complexity index is 530. The third-order valence-electron chi connectivity index (χ3n) is 3.00. The van der Waals surface area contributed by atoms with Gasteiger partial charge in [0.05, 0.1) is 5.41 Å². The number of carbonyl (C=O) groups is 1. The smallest absolute Gasteiger partial charge is 0.317 e. The lowest BCUT2D eigenvalue weighted by molar-refractivity contribution is -0.143. The van der Waals surface area contributed by atoms with Gasteiger partial charge in [-0.05, 0) is 38.0 Å². The van der Waals surface area contributed by atoms with Crippen LogP contribution >= 0.6 is 0 Å². The van der Waals surface area contributed by atoms with Crippen molar-refractivity contribution in [3.8, 4) is 5.75 Å². The first-order valence-electron chi connectivity index (χ1n) is 6.39. The summed E-state index contributed by atoms with van der Waals surface area (Å²) in [6, 6.07) is 19.2. The van der Waals surface area contributed by atoms with Gasteiger partial charge in [0.25, 0.3) is 0 Å². The highest BCUT2D eigenvalue weighted by molar-refractivity contribution is 5.78. The molecule has 2 rings (SSSR count). The summed E-state index contributed by atoms with van der Waals surface area (Å²) in [7, 11) is 0. The lowest BCUT2D eigenvalue weighted by Gasteiger charge is -2.22. The van der Waals surface area contributed by atoms with Crippen LogP contribution in [0, 0.1) is 5.41 Å². The molecule has 0 aliphatic rings. The topological polar surface area (TPSA) is 26.3 Å². The Hall–Kier alpha value is -2.09. The Kier molecular flexibility index (Phi) is 4.00. The van der Waals surface area contributed by atoms with E-state index in [-0.39, 0.29) is 5.97 Å². The van der Waals surface area contributed by atoms with E-state index in [9.17, 15) is 4.79 Å². The molecule has 0 saturated carbocycles. The zero-order valence-electron chi connectivity index (χ0n) is 11.3. The van der Waals surface area contributed by atoms with E-state index >= 15 is 0 Å². The molecule has 0 atom stereocenters. The number of carbonyl (C=O) groups excluding carboxylic acids is 1. The van der Waals surface area contributed by atoms with E-state index in [2.05, 4.69) is 0 Å². The molecule has 0 amide bonds. The van der Waals surface area contributed by atoms with Crippen molar-refractivity contribution in [1.29, 1.82) is 0 Å². The Labute approximate surface area is 114 Å². The van der Waals surface area contributed by atoms with Crippen molar-refractivity contribution in [2.45, 2.75) is 20.3 Å². The summed E-state index contributed by atoms with van der Waals surface area (Å²) in [4.78, 5) is 12.2. The fourth-order valence-corrected chi connectivity index (χ4v) is 1.91. The fraction of sp³-hybridized carbons (Fsp3) is 0.235. The molecule has 0 aromatic heterocycles. The van der Waals surface area contributed by atoms with Crippen LogP contribution in [0.25, 0.3) is 0 Å². The van der Waals surface area contributed by atoms with Crippen LogP contribution in [0.5, 0.6) is 5.75 Å². The van der Waals surface area contributed by atoms with Crippen LogP contribution < -0.4 is 4.74 Å². The normalized spacial score (nSPS) is 11.1. The second kappa shape index (κ2) is 5.70. The van der Waals surface area contributed by atoms with Gasteiger partial charge in [0, 0.05) is 0 Å².